The van der Waals surface area contributed by atoms with Crippen LogP contribution in [0.25, 0.3) is 0 Å². The Morgan fingerprint density at radius 2 is 1.94 bits per heavy atom. The number of halogens is 1. The predicted octanol–water partition coefficient (Wildman–Crippen LogP) is 2.60. The number of benzene rings is 1. The number of carbonyl (C=O) groups excluding carboxylic acids is 1. The largest absolute Gasteiger partial charge is 0.469 e. The molecule has 1 rings (SSSR count). The lowest BCUT2D eigenvalue weighted by Gasteiger charge is -2.33. The molecule has 0 heterocycles. The Kier molecular flexibility index (Phi) is 5.28. The van der Waals surface area contributed by atoms with Gasteiger partial charge in [0, 0.05) is 0 Å². The fourth-order valence-electron chi connectivity index (χ4n) is 2.15. The van der Waals surface area contributed by atoms with E-state index in [-0.39, 0.29) is 18.2 Å². The molecule has 0 fully saturated rings. The summed E-state index contributed by atoms with van der Waals surface area (Å²) < 4.78 is 17.7. The summed E-state index contributed by atoms with van der Waals surface area (Å²) in [5.41, 5.74) is 0.411. The molecule has 1 aromatic rings. The molecule has 18 heavy (non-hydrogen) atoms. The number of ether oxygens (including phenoxy) is 1. The Morgan fingerprint density at radius 1 is 1.33 bits per heavy atom. The summed E-state index contributed by atoms with van der Waals surface area (Å²) in [5.74, 6) is -0.555. The van der Waals surface area contributed by atoms with Gasteiger partial charge in [0.25, 0.3) is 0 Å². The van der Waals surface area contributed by atoms with E-state index in [2.05, 4.69) is 5.32 Å². The molecule has 0 bridgehead atoms. The van der Waals surface area contributed by atoms with Gasteiger partial charge < -0.3 is 10.1 Å². The maximum Gasteiger partial charge on any atom is 0.307 e. The van der Waals surface area contributed by atoms with Crippen LogP contribution in [0, 0.1) is 5.82 Å². The fourth-order valence-corrected chi connectivity index (χ4v) is 2.15. The molecule has 100 valence electrons. The molecule has 4 heteroatoms. The van der Waals surface area contributed by atoms with Crippen molar-refractivity contribution >= 4 is 5.97 Å². The molecule has 0 radical (unpaired) electrons. The number of hydrogen-bond donors (Lipinski definition) is 1. The van der Waals surface area contributed by atoms with Crippen LogP contribution in [-0.4, -0.2) is 19.6 Å². The molecule has 1 atom stereocenters. The predicted molar refractivity (Wildman–Crippen MR) is 68.7 cm³/mol. The molecular weight excluding hydrogens is 233 g/mol. The second-order valence-electron chi connectivity index (χ2n) is 4.23. The first kappa shape index (κ1) is 14.6. The summed E-state index contributed by atoms with van der Waals surface area (Å²) in [6.45, 7) is 4.70. The van der Waals surface area contributed by atoms with Crippen molar-refractivity contribution in [1.82, 2.24) is 5.32 Å². The van der Waals surface area contributed by atoms with Crippen molar-refractivity contribution in [3.05, 3.63) is 35.6 Å². The SMILES string of the molecule is CCNC(CC)(CC(=O)OC)c1ccc(F)cc1. The van der Waals surface area contributed by atoms with E-state index in [1.165, 1.54) is 19.2 Å². The minimum Gasteiger partial charge on any atom is -0.469 e. The third kappa shape index (κ3) is 3.29. The number of hydrogen-bond acceptors (Lipinski definition) is 3. The van der Waals surface area contributed by atoms with E-state index >= 15 is 0 Å². The molecule has 1 N–H and O–H groups in total. The van der Waals surface area contributed by atoms with Crippen molar-refractivity contribution < 1.29 is 13.9 Å². The van der Waals surface area contributed by atoms with Gasteiger partial charge in [0.1, 0.15) is 5.82 Å². The fraction of sp³-hybridized carbons (Fsp3) is 0.500. The summed E-state index contributed by atoms with van der Waals surface area (Å²) in [6.07, 6.45) is 0.959. The van der Waals surface area contributed by atoms with Crippen LogP contribution < -0.4 is 5.32 Å². The van der Waals surface area contributed by atoms with Crippen LogP contribution in [0.1, 0.15) is 32.3 Å². The zero-order chi connectivity index (χ0) is 13.6. The molecule has 0 aliphatic rings. The van der Waals surface area contributed by atoms with E-state index in [4.69, 9.17) is 4.74 Å². The Morgan fingerprint density at radius 3 is 2.39 bits per heavy atom. The molecule has 0 spiro atoms. The highest BCUT2D eigenvalue weighted by molar-refractivity contribution is 5.71. The number of rotatable bonds is 6. The highest BCUT2D eigenvalue weighted by Crippen LogP contribution is 2.29. The summed E-state index contributed by atoms with van der Waals surface area (Å²) in [4.78, 5) is 11.6. The second kappa shape index (κ2) is 6.50. The van der Waals surface area contributed by atoms with Gasteiger partial charge in [0.2, 0.25) is 0 Å². The zero-order valence-electron chi connectivity index (χ0n) is 11.1. The molecule has 1 unspecified atom stereocenters. The van der Waals surface area contributed by atoms with Crippen LogP contribution in [0.3, 0.4) is 0 Å². The molecule has 1 aromatic carbocycles. The van der Waals surface area contributed by atoms with Gasteiger partial charge in [-0.1, -0.05) is 26.0 Å². The highest BCUT2D eigenvalue weighted by Gasteiger charge is 2.32. The topological polar surface area (TPSA) is 38.3 Å². The van der Waals surface area contributed by atoms with Crippen molar-refractivity contribution in [1.29, 1.82) is 0 Å². The van der Waals surface area contributed by atoms with Gasteiger partial charge >= 0.3 is 5.97 Å². The van der Waals surface area contributed by atoms with Crippen molar-refractivity contribution in [2.45, 2.75) is 32.2 Å². The lowest BCUT2D eigenvalue weighted by molar-refractivity contribution is -0.142. The van der Waals surface area contributed by atoms with E-state index in [9.17, 15) is 9.18 Å². The van der Waals surface area contributed by atoms with Crippen LogP contribution in [0.5, 0.6) is 0 Å². The molecule has 0 aliphatic carbocycles. The third-order valence-electron chi connectivity index (χ3n) is 3.19. The number of carbonyl (C=O) groups is 1. The van der Waals surface area contributed by atoms with Crippen LogP contribution in [0.15, 0.2) is 24.3 Å². The molecule has 0 aliphatic heterocycles. The van der Waals surface area contributed by atoms with Gasteiger partial charge in [-0.25, -0.2) is 4.39 Å². The molecule has 0 saturated heterocycles. The van der Waals surface area contributed by atoms with Crippen LogP contribution in [0.4, 0.5) is 4.39 Å². The minimum atomic E-state index is -0.491. The van der Waals surface area contributed by atoms with E-state index < -0.39 is 5.54 Å². The van der Waals surface area contributed by atoms with Crippen molar-refractivity contribution in [3.8, 4) is 0 Å². The van der Waals surface area contributed by atoms with Gasteiger partial charge in [0.05, 0.1) is 19.1 Å². The Hall–Kier alpha value is -1.42. The normalized spacial score (nSPS) is 14.0. The second-order valence-corrected chi connectivity index (χ2v) is 4.23. The third-order valence-corrected chi connectivity index (χ3v) is 3.19. The quantitative estimate of drug-likeness (QED) is 0.792. The minimum absolute atomic E-state index is 0.236. The first-order valence-electron chi connectivity index (χ1n) is 6.16. The summed E-state index contributed by atoms with van der Waals surface area (Å²) in [7, 11) is 1.37. The van der Waals surface area contributed by atoms with Crippen LogP contribution in [-0.2, 0) is 15.1 Å². The molecule has 0 amide bonds. The molecule has 3 nitrogen and oxygen atoms in total. The monoisotopic (exact) mass is 253 g/mol. The number of esters is 1. The van der Waals surface area contributed by atoms with Gasteiger partial charge in [0.15, 0.2) is 0 Å². The summed E-state index contributed by atoms with van der Waals surface area (Å²) >= 11 is 0. The first-order chi connectivity index (χ1) is 8.57. The van der Waals surface area contributed by atoms with E-state index in [1.54, 1.807) is 12.1 Å². The van der Waals surface area contributed by atoms with Gasteiger partial charge in [-0.2, -0.15) is 0 Å². The standard InChI is InChI=1S/C14H20FNO2/c1-4-14(16-5-2,10-13(17)18-3)11-6-8-12(15)9-7-11/h6-9,16H,4-5,10H2,1-3H3. The zero-order valence-corrected chi connectivity index (χ0v) is 11.1. The first-order valence-corrected chi connectivity index (χ1v) is 6.16. The van der Waals surface area contributed by atoms with Crippen molar-refractivity contribution in [2.24, 2.45) is 0 Å². The molecule has 0 aromatic heterocycles. The van der Waals surface area contributed by atoms with E-state index in [1.807, 2.05) is 13.8 Å². The Balaban J connectivity index is 3.09. The maximum absolute atomic E-state index is 13.0. The van der Waals surface area contributed by atoms with Crippen LogP contribution >= 0.6 is 0 Å². The molecule has 0 saturated carbocycles. The van der Waals surface area contributed by atoms with Crippen molar-refractivity contribution in [2.75, 3.05) is 13.7 Å². The van der Waals surface area contributed by atoms with Crippen LogP contribution in [0.2, 0.25) is 0 Å². The highest BCUT2D eigenvalue weighted by atomic mass is 19.1. The van der Waals surface area contributed by atoms with E-state index in [0.717, 1.165) is 18.5 Å². The summed E-state index contributed by atoms with van der Waals surface area (Å²) in [6, 6.07) is 6.25. The Labute approximate surface area is 107 Å². The van der Waals surface area contributed by atoms with Gasteiger partial charge in [-0.05, 0) is 30.7 Å². The average Bonchev–Trinajstić information content (AvgIpc) is 2.38. The smallest absolute Gasteiger partial charge is 0.307 e. The Bertz CT molecular complexity index is 391. The lowest BCUT2D eigenvalue weighted by atomic mass is 9.84. The van der Waals surface area contributed by atoms with Crippen molar-refractivity contribution in [3.63, 3.8) is 0 Å². The van der Waals surface area contributed by atoms with E-state index in [0.29, 0.717) is 0 Å². The number of nitrogens with one attached hydrogen (secondary N) is 1. The maximum atomic E-state index is 13.0. The molecular formula is C14H20FNO2. The summed E-state index contributed by atoms with van der Waals surface area (Å²) in [5, 5.41) is 3.32. The van der Waals surface area contributed by atoms with Gasteiger partial charge in [-0.3, -0.25) is 4.79 Å². The average molecular weight is 253 g/mol. The number of methoxy groups -OCH3 is 1. The van der Waals surface area contributed by atoms with Gasteiger partial charge in [-0.15, -0.1) is 0 Å². The lowest BCUT2D eigenvalue weighted by Crippen LogP contribution is -2.43.